The molecule has 2 aliphatic rings. The number of aromatic nitrogens is 1. The molecule has 1 aromatic carbocycles. The van der Waals surface area contributed by atoms with E-state index < -0.39 is 23.0 Å². The number of fused-ring (bicyclic) bond motifs is 3. The molecule has 1 aromatic heterocycles. The van der Waals surface area contributed by atoms with Crippen LogP contribution in [0.15, 0.2) is 23.0 Å². The van der Waals surface area contributed by atoms with Crippen molar-refractivity contribution in [2.24, 2.45) is 0 Å². The summed E-state index contributed by atoms with van der Waals surface area (Å²) in [5, 5.41) is 10.5. The topological polar surface area (TPSA) is 82.8 Å². The molecule has 0 saturated carbocycles. The van der Waals surface area contributed by atoms with Crippen molar-refractivity contribution in [2.75, 3.05) is 20.1 Å². The number of amides is 2. The van der Waals surface area contributed by atoms with Crippen molar-refractivity contribution in [3.8, 4) is 5.75 Å². The van der Waals surface area contributed by atoms with Gasteiger partial charge < -0.3 is 19.5 Å². The molecule has 0 atom stereocenters. The Balaban J connectivity index is 1.77. The number of hydrogen-bond acceptors (Lipinski definition) is 4. The lowest BCUT2D eigenvalue weighted by atomic mass is 9.94. The van der Waals surface area contributed by atoms with Gasteiger partial charge in [-0.15, -0.1) is 0 Å². The Labute approximate surface area is 177 Å². The summed E-state index contributed by atoms with van der Waals surface area (Å²) >= 11 is 5.83. The van der Waals surface area contributed by atoms with Crippen molar-refractivity contribution in [1.82, 2.24) is 14.4 Å². The predicted molar refractivity (Wildman–Crippen MR) is 108 cm³/mol. The second kappa shape index (κ2) is 7.75. The monoisotopic (exact) mass is 433 g/mol. The molecule has 7 nitrogen and oxygen atoms in total. The van der Waals surface area contributed by atoms with Crippen LogP contribution in [0.5, 0.6) is 5.75 Å². The highest BCUT2D eigenvalue weighted by Crippen LogP contribution is 2.30. The summed E-state index contributed by atoms with van der Waals surface area (Å²) in [6.07, 6.45) is 1.76. The van der Waals surface area contributed by atoms with Crippen LogP contribution in [-0.2, 0) is 19.5 Å². The Morgan fingerprint density at radius 3 is 2.57 bits per heavy atom. The quantitative estimate of drug-likeness (QED) is 0.788. The van der Waals surface area contributed by atoms with Crippen LogP contribution in [-0.4, -0.2) is 51.4 Å². The largest absolute Gasteiger partial charge is 0.502 e. The van der Waals surface area contributed by atoms with Crippen molar-refractivity contribution >= 4 is 23.4 Å². The zero-order valence-electron chi connectivity index (χ0n) is 16.5. The fourth-order valence-electron chi connectivity index (χ4n) is 4.11. The van der Waals surface area contributed by atoms with Crippen LogP contribution >= 0.6 is 11.6 Å². The molecule has 3 heterocycles. The number of nitrogens with zero attached hydrogens (tertiary/aromatic N) is 3. The molecule has 1 N–H and O–H groups in total. The average molecular weight is 434 g/mol. The molecule has 30 heavy (non-hydrogen) atoms. The Morgan fingerprint density at radius 1 is 1.10 bits per heavy atom. The fraction of sp³-hybridized carbons (Fsp3) is 0.381. The van der Waals surface area contributed by atoms with Gasteiger partial charge in [-0.25, -0.2) is 4.39 Å². The van der Waals surface area contributed by atoms with Crippen LogP contribution in [0.3, 0.4) is 0 Å². The molecule has 0 unspecified atom stereocenters. The SMILES string of the molecule is CN1CCCCn2c(c3c(c(O)c2=O)C(=O)N(Cc2ccc(F)c(Cl)c2)CC3)C1=O. The highest BCUT2D eigenvalue weighted by atomic mass is 35.5. The van der Waals surface area contributed by atoms with E-state index in [1.54, 1.807) is 11.9 Å². The molecule has 0 radical (unpaired) electrons. The van der Waals surface area contributed by atoms with Crippen LogP contribution in [0.1, 0.15) is 44.8 Å². The van der Waals surface area contributed by atoms with Gasteiger partial charge in [-0.2, -0.15) is 0 Å². The number of hydrogen-bond donors (Lipinski definition) is 1. The summed E-state index contributed by atoms with van der Waals surface area (Å²) in [6.45, 7) is 1.32. The standard InChI is InChI=1S/C21H21ClFN3O4/c1-24-7-2-3-8-26-17(20(24)29)13-6-9-25(19(28)16(13)18(27)21(26)30)11-12-4-5-15(23)14(22)10-12/h4-5,10,27H,2-3,6-9,11H2,1H3. The van der Waals surface area contributed by atoms with E-state index in [1.165, 1.54) is 27.7 Å². The summed E-state index contributed by atoms with van der Waals surface area (Å²) in [6, 6.07) is 4.19. The first-order valence-electron chi connectivity index (χ1n) is 9.77. The molecule has 0 fully saturated rings. The Hall–Kier alpha value is -2.87. The number of benzene rings is 1. The third kappa shape index (κ3) is 3.35. The van der Waals surface area contributed by atoms with Crippen molar-refractivity contribution in [1.29, 1.82) is 0 Å². The Bertz CT molecular complexity index is 1110. The molecule has 2 aromatic rings. The zero-order valence-corrected chi connectivity index (χ0v) is 17.2. The van der Waals surface area contributed by atoms with Gasteiger partial charge in [-0.3, -0.25) is 14.4 Å². The number of carbonyl (C=O) groups is 2. The van der Waals surface area contributed by atoms with Gasteiger partial charge in [-0.1, -0.05) is 17.7 Å². The molecule has 0 bridgehead atoms. The van der Waals surface area contributed by atoms with E-state index in [9.17, 15) is 23.9 Å². The second-order valence-electron chi connectivity index (χ2n) is 7.67. The predicted octanol–water partition coefficient (Wildman–Crippen LogP) is 2.41. The smallest absolute Gasteiger partial charge is 0.294 e. The van der Waals surface area contributed by atoms with Crippen LogP contribution in [0.25, 0.3) is 0 Å². The van der Waals surface area contributed by atoms with Crippen molar-refractivity contribution in [3.63, 3.8) is 0 Å². The maximum atomic E-state index is 13.4. The van der Waals surface area contributed by atoms with Gasteiger partial charge >= 0.3 is 0 Å². The first-order chi connectivity index (χ1) is 14.3. The van der Waals surface area contributed by atoms with Gasteiger partial charge in [0.25, 0.3) is 17.4 Å². The minimum absolute atomic E-state index is 0.0477. The van der Waals surface area contributed by atoms with Crippen LogP contribution in [0.4, 0.5) is 4.39 Å². The fourth-order valence-corrected chi connectivity index (χ4v) is 4.31. The highest BCUT2D eigenvalue weighted by molar-refractivity contribution is 6.30. The lowest BCUT2D eigenvalue weighted by molar-refractivity contribution is 0.0717. The normalized spacial score (nSPS) is 16.8. The summed E-state index contributed by atoms with van der Waals surface area (Å²) in [5.74, 6) is -2.04. The van der Waals surface area contributed by atoms with E-state index in [2.05, 4.69) is 0 Å². The summed E-state index contributed by atoms with van der Waals surface area (Å²) in [5.41, 5.74) is 0.369. The Morgan fingerprint density at radius 2 is 1.83 bits per heavy atom. The summed E-state index contributed by atoms with van der Waals surface area (Å²) in [7, 11) is 1.66. The molecule has 0 saturated heterocycles. The van der Waals surface area contributed by atoms with Crippen molar-refractivity contribution < 1.29 is 19.1 Å². The van der Waals surface area contributed by atoms with E-state index in [1.807, 2.05) is 0 Å². The zero-order chi connectivity index (χ0) is 21.6. The lowest BCUT2D eigenvalue weighted by Crippen LogP contribution is -2.43. The van der Waals surface area contributed by atoms with E-state index >= 15 is 0 Å². The molecule has 9 heteroatoms. The van der Waals surface area contributed by atoms with Crippen molar-refractivity contribution in [2.45, 2.75) is 32.4 Å². The van der Waals surface area contributed by atoms with Crippen LogP contribution in [0, 0.1) is 5.82 Å². The molecule has 2 aliphatic heterocycles. The molecule has 0 aliphatic carbocycles. The van der Waals surface area contributed by atoms with Crippen molar-refractivity contribution in [3.05, 3.63) is 61.8 Å². The van der Waals surface area contributed by atoms with Gasteiger partial charge in [-0.05, 0) is 37.0 Å². The summed E-state index contributed by atoms with van der Waals surface area (Å²) in [4.78, 5) is 41.9. The third-order valence-electron chi connectivity index (χ3n) is 5.71. The minimum atomic E-state index is -0.729. The van der Waals surface area contributed by atoms with E-state index in [0.29, 0.717) is 43.6 Å². The van der Waals surface area contributed by atoms with Gasteiger partial charge in [0.05, 0.1) is 10.6 Å². The third-order valence-corrected chi connectivity index (χ3v) is 6.00. The molecule has 158 valence electrons. The van der Waals surface area contributed by atoms with Gasteiger partial charge in [0, 0.05) is 38.8 Å². The van der Waals surface area contributed by atoms with Gasteiger partial charge in [0.15, 0.2) is 5.75 Å². The lowest BCUT2D eigenvalue weighted by Gasteiger charge is -2.32. The first-order valence-corrected chi connectivity index (χ1v) is 10.1. The summed E-state index contributed by atoms with van der Waals surface area (Å²) < 4.78 is 14.7. The molecular weight excluding hydrogens is 413 g/mol. The van der Waals surface area contributed by atoms with Gasteiger partial charge in [0.2, 0.25) is 0 Å². The number of aromatic hydroxyl groups is 1. The maximum absolute atomic E-state index is 13.4. The maximum Gasteiger partial charge on any atom is 0.294 e. The molecule has 0 spiro atoms. The minimum Gasteiger partial charge on any atom is -0.502 e. The van der Waals surface area contributed by atoms with Gasteiger partial charge in [0.1, 0.15) is 11.5 Å². The number of halogens is 2. The first kappa shape index (κ1) is 20.4. The number of carbonyl (C=O) groups excluding carboxylic acids is 2. The number of rotatable bonds is 2. The average Bonchev–Trinajstić information content (AvgIpc) is 2.71. The number of pyridine rings is 1. The molecule has 4 rings (SSSR count). The van der Waals surface area contributed by atoms with E-state index in [0.717, 1.165) is 6.42 Å². The second-order valence-corrected chi connectivity index (χ2v) is 8.07. The van der Waals surface area contributed by atoms with E-state index in [-0.39, 0.29) is 28.7 Å². The highest BCUT2D eigenvalue weighted by Gasteiger charge is 2.36. The molecular formula is C21H21ClFN3O4. The Kier molecular flexibility index (Phi) is 5.27. The van der Waals surface area contributed by atoms with Crippen LogP contribution in [0.2, 0.25) is 5.02 Å². The molecule has 2 amide bonds. The van der Waals surface area contributed by atoms with E-state index in [4.69, 9.17) is 11.6 Å². The van der Waals surface area contributed by atoms with Crippen LogP contribution < -0.4 is 5.56 Å².